The monoisotopic (exact) mass is 359 g/mol. The van der Waals surface area contributed by atoms with Crippen molar-refractivity contribution >= 4 is 17.5 Å². The van der Waals surface area contributed by atoms with Gasteiger partial charge in [-0.05, 0) is 43.6 Å². The number of piperidine rings is 1. The molecule has 0 spiro atoms. The van der Waals surface area contributed by atoms with Crippen molar-refractivity contribution in [1.82, 2.24) is 9.80 Å². The Morgan fingerprint density at radius 3 is 2.85 bits per heavy atom. The molecule has 2 aliphatic rings. The first-order valence-electron chi connectivity index (χ1n) is 9.54. The maximum atomic E-state index is 12.5. The number of anilines is 1. The van der Waals surface area contributed by atoms with Crippen molar-refractivity contribution in [2.24, 2.45) is 5.92 Å². The van der Waals surface area contributed by atoms with Gasteiger partial charge in [0.1, 0.15) is 0 Å². The molecule has 2 saturated heterocycles. The molecule has 2 amide bonds. The maximum Gasteiger partial charge on any atom is 0.229 e. The van der Waals surface area contributed by atoms with Crippen LogP contribution < -0.4 is 5.32 Å². The lowest BCUT2D eigenvalue weighted by molar-refractivity contribution is -0.128. The molecule has 0 aliphatic carbocycles. The molecule has 1 aromatic rings. The average molecular weight is 359 g/mol. The second-order valence-electron chi connectivity index (χ2n) is 7.26. The predicted octanol–water partition coefficient (Wildman–Crippen LogP) is 2.11. The molecular weight excluding hydrogens is 330 g/mol. The predicted molar refractivity (Wildman–Crippen MR) is 101 cm³/mol. The Balaban J connectivity index is 1.54. The van der Waals surface area contributed by atoms with E-state index in [2.05, 4.69) is 16.3 Å². The number of nitrogens with one attached hydrogen (secondary N) is 1. The van der Waals surface area contributed by atoms with E-state index in [1.807, 2.05) is 18.2 Å². The molecule has 2 fully saturated rings. The molecule has 2 heterocycles. The first kappa shape index (κ1) is 18.9. The lowest BCUT2D eigenvalue weighted by Gasteiger charge is -2.26. The molecule has 0 bridgehead atoms. The molecule has 0 saturated carbocycles. The number of carbonyl (C=O) groups excluding carboxylic acids is 2. The summed E-state index contributed by atoms with van der Waals surface area (Å²) in [6.07, 6.45) is 4.15. The van der Waals surface area contributed by atoms with E-state index in [9.17, 15) is 9.59 Å². The first-order valence-corrected chi connectivity index (χ1v) is 9.54. The zero-order valence-electron chi connectivity index (χ0n) is 15.6. The van der Waals surface area contributed by atoms with Gasteiger partial charge in [0, 0.05) is 38.9 Å². The van der Waals surface area contributed by atoms with Crippen LogP contribution in [0.15, 0.2) is 24.3 Å². The van der Waals surface area contributed by atoms with Crippen molar-refractivity contribution in [1.29, 1.82) is 0 Å². The van der Waals surface area contributed by atoms with Crippen LogP contribution in [-0.4, -0.2) is 61.5 Å². The van der Waals surface area contributed by atoms with E-state index < -0.39 is 0 Å². The zero-order chi connectivity index (χ0) is 18.4. The molecule has 0 aromatic heterocycles. The van der Waals surface area contributed by atoms with Crippen LogP contribution in [0.2, 0.25) is 0 Å². The highest BCUT2D eigenvalue weighted by Crippen LogP contribution is 2.21. The molecule has 1 N–H and O–H groups in total. The third kappa shape index (κ3) is 5.05. The molecule has 1 atom stereocenters. The number of carbonyl (C=O) groups is 2. The van der Waals surface area contributed by atoms with Gasteiger partial charge in [0.15, 0.2) is 0 Å². The molecule has 1 aromatic carbocycles. The van der Waals surface area contributed by atoms with Gasteiger partial charge >= 0.3 is 0 Å². The number of benzene rings is 1. The summed E-state index contributed by atoms with van der Waals surface area (Å²) in [5, 5.41) is 2.99. The highest BCUT2D eigenvalue weighted by Gasteiger charge is 2.34. The van der Waals surface area contributed by atoms with Crippen molar-refractivity contribution < 1.29 is 14.3 Å². The summed E-state index contributed by atoms with van der Waals surface area (Å²) in [5.74, 6) is -0.334. The van der Waals surface area contributed by atoms with Gasteiger partial charge in [-0.2, -0.15) is 0 Å². The average Bonchev–Trinajstić information content (AvgIpc) is 3.02. The number of rotatable bonds is 7. The van der Waals surface area contributed by atoms with E-state index in [1.165, 1.54) is 24.8 Å². The van der Waals surface area contributed by atoms with Crippen LogP contribution >= 0.6 is 0 Å². The molecular formula is C20H29N3O3. The van der Waals surface area contributed by atoms with E-state index in [0.717, 1.165) is 25.3 Å². The summed E-state index contributed by atoms with van der Waals surface area (Å²) in [6, 6.07) is 8.05. The van der Waals surface area contributed by atoms with E-state index >= 15 is 0 Å². The van der Waals surface area contributed by atoms with Crippen molar-refractivity contribution in [3.05, 3.63) is 29.8 Å². The van der Waals surface area contributed by atoms with Gasteiger partial charge in [0.05, 0.1) is 12.5 Å². The van der Waals surface area contributed by atoms with Crippen LogP contribution in [-0.2, 0) is 20.9 Å². The number of hydrogen-bond acceptors (Lipinski definition) is 4. The minimum absolute atomic E-state index is 0.0287. The number of methoxy groups -OCH3 is 1. The smallest absolute Gasteiger partial charge is 0.229 e. The largest absolute Gasteiger partial charge is 0.383 e. The fourth-order valence-corrected chi connectivity index (χ4v) is 3.73. The number of hydrogen-bond donors (Lipinski definition) is 1. The summed E-state index contributed by atoms with van der Waals surface area (Å²) in [4.78, 5) is 28.7. The quantitative estimate of drug-likeness (QED) is 0.810. The fraction of sp³-hybridized carbons (Fsp3) is 0.600. The summed E-state index contributed by atoms with van der Waals surface area (Å²) in [6.45, 7) is 4.75. The van der Waals surface area contributed by atoms with Crippen LogP contribution in [0.3, 0.4) is 0 Å². The third-order valence-electron chi connectivity index (χ3n) is 5.20. The van der Waals surface area contributed by atoms with Crippen molar-refractivity contribution in [3.8, 4) is 0 Å². The second kappa shape index (κ2) is 9.14. The lowest BCUT2D eigenvalue weighted by Crippen LogP contribution is -2.31. The molecule has 1 unspecified atom stereocenters. The topological polar surface area (TPSA) is 61.9 Å². The van der Waals surface area contributed by atoms with Gasteiger partial charge < -0.3 is 15.0 Å². The van der Waals surface area contributed by atoms with Crippen molar-refractivity contribution in [2.45, 2.75) is 32.2 Å². The Kier molecular flexibility index (Phi) is 6.63. The zero-order valence-corrected chi connectivity index (χ0v) is 15.6. The van der Waals surface area contributed by atoms with Gasteiger partial charge in [0.2, 0.25) is 11.8 Å². The third-order valence-corrected chi connectivity index (χ3v) is 5.20. The Bertz CT molecular complexity index is 628. The molecule has 0 radical (unpaired) electrons. The number of nitrogens with zero attached hydrogens (tertiary/aromatic N) is 2. The van der Waals surface area contributed by atoms with Crippen molar-refractivity contribution in [2.75, 3.05) is 45.2 Å². The maximum absolute atomic E-state index is 12.5. The Morgan fingerprint density at radius 1 is 1.27 bits per heavy atom. The van der Waals surface area contributed by atoms with Crippen LogP contribution in [0.5, 0.6) is 0 Å². The standard InChI is InChI=1S/C20H29N3O3/c1-26-11-10-23-15-17(13-19(23)24)20(25)21-18-7-5-6-16(12-18)14-22-8-3-2-4-9-22/h5-7,12,17H,2-4,8-11,13-15H2,1H3,(H,21,25). The minimum atomic E-state index is -0.287. The van der Waals surface area contributed by atoms with Crippen LogP contribution in [0, 0.1) is 5.92 Å². The normalized spacial score (nSPS) is 21.2. The van der Waals surface area contributed by atoms with Gasteiger partial charge in [-0.15, -0.1) is 0 Å². The highest BCUT2D eigenvalue weighted by atomic mass is 16.5. The fourth-order valence-electron chi connectivity index (χ4n) is 3.73. The molecule has 26 heavy (non-hydrogen) atoms. The van der Waals surface area contributed by atoms with Gasteiger partial charge in [0.25, 0.3) is 0 Å². The molecule has 142 valence electrons. The minimum Gasteiger partial charge on any atom is -0.383 e. The van der Waals surface area contributed by atoms with Crippen LogP contribution in [0.1, 0.15) is 31.2 Å². The van der Waals surface area contributed by atoms with Crippen LogP contribution in [0.25, 0.3) is 0 Å². The summed E-state index contributed by atoms with van der Waals surface area (Å²) in [5.41, 5.74) is 2.03. The summed E-state index contributed by atoms with van der Waals surface area (Å²) >= 11 is 0. The van der Waals surface area contributed by atoms with Crippen LogP contribution in [0.4, 0.5) is 5.69 Å². The number of ether oxygens (including phenoxy) is 1. The first-order chi connectivity index (χ1) is 12.7. The van der Waals surface area contributed by atoms with E-state index in [1.54, 1.807) is 12.0 Å². The number of likely N-dealkylation sites (tertiary alicyclic amines) is 2. The van der Waals surface area contributed by atoms with E-state index in [4.69, 9.17) is 4.74 Å². The highest BCUT2D eigenvalue weighted by molar-refractivity contribution is 5.97. The Morgan fingerprint density at radius 2 is 2.08 bits per heavy atom. The van der Waals surface area contributed by atoms with E-state index in [0.29, 0.717) is 19.7 Å². The second-order valence-corrected chi connectivity index (χ2v) is 7.26. The Labute approximate surface area is 155 Å². The van der Waals surface area contributed by atoms with Gasteiger partial charge in [-0.1, -0.05) is 18.6 Å². The summed E-state index contributed by atoms with van der Waals surface area (Å²) < 4.78 is 5.02. The Hall–Kier alpha value is -1.92. The van der Waals surface area contributed by atoms with Crippen molar-refractivity contribution in [3.63, 3.8) is 0 Å². The SMILES string of the molecule is COCCN1CC(C(=O)Nc2cccc(CN3CCCCC3)c2)CC1=O. The van der Waals surface area contributed by atoms with E-state index in [-0.39, 0.29) is 24.2 Å². The van der Waals surface area contributed by atoms with Gasteiger partial charge in [-0.25, -0.2) is 0 Å². The molecule has 3 rings (SSSR count). The molecule has 2 aliphatic heterocycles. The molecule has 6 heteroatoms. The lowest BCUT2D eigenvalue weighted by atomic mass is 10.1. The van der Waals surface area contributed by atoms with Gasteiger partial charge in [-0.3, -0.25) is 14.5 Å². The summed E-state index contributed by atoms with van der Waals surface area (Å²) in [7, 11) is 1.61. The molecule has 6 nitrogen and oxygen atoms in total. The number of amides is 2.